The molecule has 0 bridgehead atoms. The van der Waals surface area contributed by atoms with Crippen LogP contribution in [0.25, 0.3) is 5.70 Å². The molecule has 10 heteroatoms. The van der Waals surface area contributed by atoms with Gasteiger partial charge in [-0.05, 0) is 64.5 Å². The van der Waals surface area contributed by atoms with Gasteiger partial charge >= 0.3 is 0 Å². The molecule has 1 aliphatic rings. The Morgan fingerprint density at radius 1 is 1.09 bits per heavy atom. The van der Waals surface area contributed by atoms with E-state index in [-0.39, 0.29) is 17.0 Å². The maximum absolute atomic E-state index is 12.7. The Morgan fingerprint density at radius 3 is 2.81 bits per heavy atom. The predicted octanol–water partition coefficient (Wildman–Crippen LogP) is 4.68. The Bertz CT molecular complexity index is 1340. The van der Waals surface area contributed by atoms with Crippen LogP contribution in [0, 0.1) is 0 Å². The zero-order chi connectivity index (χ0) is 22.1. The molecule has 0 saturated heterocycles. The van der Waals surface area contributed by atoms with Crippen LogP contribution in [-0.4, -0.2) is 31.1 Å². The molecule has 2 N–H and O–H groups in total. The normalized spacial score (nSPS) is 14.8. The number of carbonyl (C=O) groups excluding carboxylic acids is 1. The summed E-state index contributed by atoms with van der Waals surface area (Å²) in [4.78, 5) is 16.9. The van der Waals surface area contributed by atoms with Gasteiger partial charge in [0, 0.05) is 34.4 Å². The third kappa shape index (κ3) is 3.93. The summed E-state index contributed by atoms with van der Waals surface area (Å²) in [6.07, 6.45) is 5.49. The molecule has 0 saturated carbocycles. The van der Waals surface area contributed by atoms with E-state index in [1.807, 2.05) is 36.4 Å². The molecular weight excluding hydrogens is 449 g/mol. The monoisotopic (exact) mass is 463 g/mol. The van der Waals surface area contributed by atoms with Crippen molar-refractivity contribution in [3.05, 3.63) is 99.8 Å². The minimum Gasteiger partial charge on any atom is -0.323 e. The molecule has 2 aromatic carbocycles. The van der Waals surface area contributed by atoms with E-state index in [0.717, 1.165) is 16.8 Å². The largest absolute Gasteiger partial charge is 0.323 e. The molecule has 3 heterocycles. The summed E-state index contributed by atoms with van der Waals surface area (Å²) in [7, 11) is 0. The Balaban J connectivity index is 1.47. The first kappa shape index (κ1) is 20.2. The van der Waals surface area contributed by atoms with Gasteiger partial charge in [0.2, 0.25) is 5.95 Å². The third-order valence-corrected chi connectivity index (χ3v) is 5.51. The highest BCUT2D eigenvalue weighted by Gasteiger charge is 2.24. The fourth-order valence-electron chi connectivity index (χ4n) is 3.45. The van der Waals surface area contributed by atoms with Crippen molar-refractivity contribution < 1.29 is 4.79 Å². The van der Waals surface area contributed by atoms with Gasteiger partial charge in [0.05, 0.1) is 10.6 Å². The average molecular weight is 464 g/mol. The van der Waals surface area contributed by atoms with E-state index in [9.17, 15) is 4.79 Å². The van der Waals surface area contributed by atoms with Crippen LogP contribution in [0.3, 0.4) is 0 Å². The van der Waals surface area contributed by atoms with Crippen LogP contribution in [0.5, 0.6) is 0 Å². The summed E-state index contributed by atoms with van der Waals surface area (Å²) in [5, 5.41) is 18.8. The van der Waals surface area contributed by atoms with E-state index in [1.54, 1.807) is 35.3 Å². The first-order valence-electron chi connectivity index (χ1n) is 9.62. The molecule has 1 atom stereocenters. The topological polar surface area (TPSA) is 97.6 Å². The lowest BCUT2D eigenvalue weighted by molar-refractivity contribution is 0.102. The number of nitrogens with zero attached hydrogens (tertiary/aromatic N) is 5. The van der Waals surface area contributed by atoms with E-state index in [1.165, 1.54) is 6.07 Å². The molecular formula is C22H15Cl2N7O. The highest BCUT2D eigenvalue weighted by molar-refractivity contribution is 6.37. The number of halogens is 2. The van der Waals surface area contributed by atoms with Gasteiger partial charge in [-0.1, -0.05) is 40.4 Å². The molecule has 0 aliphatic carbocycles. The zero-order valence-electron chi connectivity index (χ0n) is 16.4. The Kier molecular flexibility index (Phi) is 5.30. The van der Waals surface area contributed by atoms with Crippen molar-refractivity contribution >= 4 is 46.4 Å². The number of aromatic nitrogens is 5. The van der Waals surface area contributed by atoms with Crippen molar-refractivity contribution in [1.82, 2.24) is 25.2 Å². The summed E-state index contributed by atoms with van der Waals surface area (Å²) in [6.45, 7) is 0. The molecule has 1 aliphatic heterocycles. The molecule has 158 valence electrons. The number of allylic oxidation sites excluding steroid dienone is 1. The maximum atomic E-state index is 12.7. The van der Waals surface area contributed by atoms with Crippen molar-refractivity contribution in [1.29, 1.82) is 0 Å². The summed E-state index contributed by atoms with van der Waals surface area (Å²) in [5.41, 5.74) is 3.59. The number of hydrogen-bond donors (Lipinski definition) is 2. The predicted molar refractivity (Wildman–Crippen MR) is 123 cm³/mol. The molecule has 5 rings (SSSR count). The van der Waals surface area contributed by atoms with Gasteiger partial charge in [0.25, 0.3) is 5.91 Å². The van der Waals surface area contributed by atoms with Crippen LogP contribution in [0.2, 0.25) is 10.0 Å². The van der Waals surface area contributed by atoms with Gasteiger partial charge in [0.15, 0.2) is 0 Å². The van der Waals surface area contributed by atoms with Crippen LogP contribution in [0.4, 0.5) is 11.6 Å². The Labute approximate surface area is 192 Å². The highest BCUT2D eigenvalue weighted by Crippen LogP contribution is 2.32. The number of fused-ring (bicyclic) bond motifs is 1. The minimum absolute atomic E-state index is 0.284. The molecule has 4 aromatic rings. The standard InChI is InChI=1S/C22H15Cl2N7O/c23-15-6-7-17(18(24)10-15)21(32)26-16-5-1-3-13(9-16)20-11-19(14-4-2-8-25-12-14)27-22-28-29-30-31(20)22/h1-12,20H,(H,26,32)(H,27,28,30)/t20-/m1/s1. The Morgan fingerprint density at radius 2 is 2.00 bits per heavy atom. The third-order valence-electron chi connectivity index (χ3n) is 4.96. The number of carbonyl (C=O) groups is 1. The van der Waals surface area contributed by atoms with Crippen molar-refractivity contribution in [2.45, 2.75) is 6.04 Å². The van der Waals surface area contributed by atoms with E-state index < -0.39 is 0 Å². The summed E-state index contributed by atoms with van der Waals surface area (Å²) in [5.74, 6) is 0.183. The number of anilines is 2. The van der Waals surface area contributed by atoms with E-state index in [0.29, 0.717) is 22.2 Å². The van der Waals surface area contributed by atoms with E-state index >= 15 is 0 Å². The Hall–Kier alpha value is -3.75. The molecule has 32 heavy (non-hydrogen) atoms. The van der Waals surface area contributed by atoms with Crippen LogP contribution < -0.4 is 10.6 Å². The number of nitrogens with one attached hydrogen (secondary N) is 2. The minimum atomic E-state index is -0.330. The quantitative estimate of drug-likeness (QED) is 0.455. The summed E-state index contributed by atoms with van der Waals surface area (Å²) >= 11 is 12.1. The van der Waals surface area contributed by atoms with Gasteiger partial charge in [-0.3, -0.25) is 9.78 Å². The number of pyridine rings is 1. The van der Waals surface area contributed by atoms with E-state index in [4.69, 9.17) is 23.2 Å². The van der Waals surface area contributed by atoms with Gasteiger partial charge in [0.1, 0.15) is 6.04 Å². The van der Waals surface area contributed by atoms with Crippen molar-refractivity contribution in [2.75, 3.05) is 10.6 Å². The molecule has 0 fully saturated rings. The zero-order valence-corrected chi connectivity index (χ0v) is 17.9. The van der Waals surface area contributed by atoms with Crippen LogP contribution in [0.15, 0.2) is 73.1 Å². The second kappa shape index (κ2) is 8.41. The van der Waals surface area contributed by atoms with Crippen LogP contribution in [-0.2, 0) is 0 Å². The molecule has 1 amide bonds. The maximum Gasteiger partial charge on any atom is 0.257 e. The van der Waals surface area contributed by atoms with Crippen molar-refractivity contribution in [2.24, 2.45) is 0 Å². The van der Waals surface area contributed by atoms with Crippen LogP contribution in [0.1, 0.15) is 27.5 Å². The lowest BCUT2D eigenvalue weighted by Crippen LogP contribution is -2.20. The fourth-order valence-corrected chi connectivity index (χ4v) is 3.95. The van der Waals surface area contributed by atoms with Gasteiger partial charge in [-0.15, -0.1) is 0 Å². The second-order valence-electron chi connectivity index (χ2n) is 7.04. The number of hydrogen-bond acceptors (Lipinski definition) is 6. The second-order valence-corrected chi connectivity index (χ2v) is 7.89. The number of tetrazole rings is 1. The first-order chi connectivity index (χ1) is 15.6. The smallest absolute Gasteiger partial charge is 0.257 e. The van der Waals surface area contributed by atoms with Gasteiger partial charge < -0.3 is 10.6 Å². The fraction of sp³-hybridized carbons (Fsp3) is 0.0455. The van der Waals surface area contributed by atoms with Crippen molar-refractivity contribution in [3.63, 3.8) is 0 Å². The lowest BCUT2D eigenvalue weighted by Gasteiger charge is -2.23. The van der Waals surface area contributed by atoms with Gasteiger partial charge in [-0.25, -0.2) is 0 Å². The number of benzene rings is 2. The number of rotatable bonds is 4. The van der Waals surface area contributed by atoms with Crippen molar-refractivity contribution in [3.8, 4) is 0 Å². The molecule has 8 nitrogen and oxygen atoms in total. The SMILES string of the molecule is O=C(Nc1cccc([C@H]2C=C(c3cccnc3)Nc3nnnn32)c1)c1ccc(Cl)cc1Cl. The summed E-state index contributed by atoms with van der Waals surface area (Å²) in [6, 6.07) is 15.8. The highest BCUT2D eigenvalue weighted by atomic mass is 35.5. The molecule has 2 aromatic heterocycles. The lowest BCUT2D eigenvalue weighted by atomic mass is 10.0. The van der Waals surface area contributed by atoms with E-state index in [2.05, 4.69) is 31.1 Å². The average Bonchev–Trinajstić information content (AvgIpc) is 3.28. The first-order valence-corrected chi connectivity index (χ1v) is 10.4. The van der Waals surface area contributed by atoms with Gasteiger partial charge in [-0.2, -0.15) is 4.68 Å². The summed E-state index contributed by atoms with van der Waals surface area (Å²) < 4.78 is 1.68. The molecule has 0 unspecified atom stereocenters. The van der Waals surface area contributed by atoms with Crippen LogP contribution >= 0.6 is 23.2 Å². The number of amides is 1. The molecule has 0 spiro atoms. The molecule has 0 radical (unpaired) electrons.